The van der Waals surface area contributed by atoms with Crippen LogP contribution in [0.25, 0.3) is 11.0 Å². The fourth-order valence-corrected chi connectivity index (χ4v) is 2.84. The molecular weight excluding hydrogens is 314 g/mol. The van der Waals surface area contributed by atoms with Crippen molar-refractivity contribution in [2.24, 2.45) is 14.1 Å². The molecule has 118 valence electrons. The highest BCUT2D eigenvalue weighted by Gasteiger charge is 2.14. The van der Waals surface area contributed by atoms with Crippen LogP contribution in [0.5, 0.6) is 0 Å². The lowest BCUT2D eigenvalue weighted by molar-refractivity contribution is 0.102. The molecule has 0 bridgehead atoms. The van der Waals surface area contributed by atoms with E-state index in [1.165, 1.54) is 0 Å². The molecule has 1 N–H and O–H groups in total. The number of fused-ring (bicyclic) bond motifs is 1. The number of carbonyl (C=O) groups is 1. The fourth-order valence-electron chi connectivity index (χ4n) is 2.62. The number of anilines is 1. The molecule has 3 aromatic rings. The maximum Gasteiger partial charge on any atom is 0.328 e. The predicted octanol–water partition coefficient (Wildman–Crippen LogP) is 3.09. The van der Waals surface area contributed by atoms with Gasteiger partial charge in [0, 0.05) is 19.8 Å². The number of imidazole rings is 1. The Morgan fingerprint density at radius 1 is 1.09 bits per heavy atom. The molecule has 0 fully saturated rings. The number of aromatic nitrogens is 2. The van der Waals surface area contributed by atoms with E-state index < -0.39 is 0 Å². The molecule has 0 radical (unpaired) electrons. The van der Waals surface area contributed by atoms with Crippen molar-refractivity contribution in [3.63, 3.8) is 0 Å². The van der Waals surface area contributed by atoms with Gasteiger partial charge in [-0.2, -0.15) is 0 Å². The molecular formula is C17H16ClN3O2. The summed E-state index contributed by atoms with van der Waals surface area (Å²) in [7, 11) is 3.44. The summed E-state index contributed by atoms with van der Waals surface area (Å²) in [5.41, 5.74) is 3.43. The number of benzene rings is 2. The van der Waals surface area contributed by atoms with Gasteiger partial charge in [0.1, 0.15) is 0 Å². The van der Waals surface area contributed by atoms with Crippen molar-refractivity contribution in [2.75, 3.05) is 5.32 Å². The molecule has 23 heavy (non-hydrogen) atoms. The van der Waals surface area contributed by atoms with E-state index in [0.717, 1.165) is 16.6 Å². The maximum absolute atomic E-state index is 12.4. The number of nitrogens with one attached hydrogen (secondary N) is 1. The SMILES string of the molecule is Cc1cc2c(cc1NC(=O)c1ccccc1Cl)n(C)c(=O)n2C. The minimum absolute atomic E-state index is 0.103. The Morgan fingerprint density at radius 2 is 1.70 bits per heavy atom. The minimum Gasteiger partial charge on any atom is -0.322 e. The number of aryl methyl sites for hydroxylation is 3. The van der Waals surface area contributed by atoms with Crippen LogP contribution in [0.3, 0.4) is 0 Å². The van der Waals surface area contributed by atoms with Crippen molar-refractivity contribution in [2.45, 2.75) is 6.92 Å². The van der Waals surface area contributed by atoms with E-state index in [4.69, 9.17) is 11.6 Å². The molecule has 1 aromatic heterocycles. The second kappa shape index (κ2) is 5.59. The molecule has 2 aromatic carbocycles. The van der Waals surface area contributed by atoms with Crippen LogP contribution in [0.1, 0.15) is 15.9 Å². The largest absolute Gasteiger partial charge is 0.328 e. The highest BCUT2D eigenvalue weighted by Crippen LogP contribution is 2.24. The van der Waals surface area contributed by atoms with Gasteiger partial charge in [-0.25, -0.2) is 4.79 Å². The maximum atomic E-state index is 12.4. The van der Waals surface area contributed by atoms with Crippen LogP contribution in [-0.2, 0) is 14.1 Å². The molecule has 0 unspecified atom stereocenters. The van der Waals surface area contributed by atoms with Gasteiger partial charge in [-0.1, -0.05) is 23.7 Å². The zero-order valence-electron chi connectivity index (χ0n) is 13.1. The second-order valence-corrected chi connectivity index (χ2v) is 5.90. The average molecular weight is 330 g/mol. The third kappa shape index (κ3) is 2.53. The van der Waals surface area contributed by atoms with E-state index in [0.29, 0.717) is 16.3 Å². The van der Waals surface area contributed by atoms with E-state index in [9.17, 15) is 9.59 Å². The van der Waals surface area contributed by atoms with Gasteiger partial charge in [0.15, 0.2) is 0 Å². The average Bonchev–Trinajstić information content (AvgIpc) is 2.73. The molecule has 6 heteroatoms. The van der Waals surface area contributed by atoms with Gasteiger partial charge in [0.2, 0.25) is 0 Å². The Kier molecular flexibility index (Phi) is 3.74. The molecule has 0 aliphatic carbocycles. The van der Waals surface area contributed by atoms with Crippen molar-refractivity contribution in [1.29, 1.82) is 0 Å². The number of nitrogens with zero attached hydrogens (tertiary/aromatic N) is 2. The van der Waals surface area contributed by atoms with Gasteiger partial charge in [-0.05, 0) is 36.8 Å². The summed E-state index contributed by atoms with van der Waals surface area (Å²) in [5.74, 6) is -0.279. The van der Waals surface area contributed by atoms with Crippen LogP contribution in [0.2, 0.25) is 5.02 Å². The number of amides is 1. The molecule has 0 aliphatic heterocycles. The van der Waals surface area contributed by atoms with Crippen LogP contribution >= 0.6 is 11.6 Å². The standard InChI is InChI=1S/C17H16ClN3O2/c1-10-8-14-15(21(3)17(23)20(14)2)9-13(10)19-16(22)11-6-4-5-7-12(11)18/h4-9H,1-3H3,(H,19,22). The Morgan fingerprint density at radius 3 is 2.35 bits per heavy atom. The molecule has 0 spiro atoms. The molecule has 1 amide bonds. The van der Waals surface area contributed by atoms with Crippen LogP contribution < -0.4 is 11.0 Å². The summed E-state index contributed by atoms with van der Waals surface area (Å²) >= 11 is 6.06. The Labute approximate surface area is 138 Å². The Balaban J connectivity index is 2.05. The topological polar surface area (TPSA) is 56.0 Å². The summed E-state index contributed by atoms with van der Waals surface area (Å²) in [6, 6.07) is 10.6. The van der Waals surface area contributed by atoms with Crippen molar-refractivity contribution in [1.82, 2.24) is 9.13 Å². The van der Waals surface area contributed by atoms with Crippen LogP contribution in [0.4, 0.5) is 5.69 Å². The minimum atomic E-state index is -0.279. The molecule has 1 heterocycles. The van der Waals surface area contributed by atoms with Crippen LogP contribution in [0.15, 0.2) is 41.2 Å². The van der Waals surface area contributed by atoms with Gasteiger partial charge in [0.25, 0.3) is 5.91 Å². The zero-order chi connectivity index (χ0) is 16.7. The summed E-state index contributed by atoms with van der Waals surface area (Å²) in [6.45, 7) is 1.89. The van der Waals surface area contributed by atoms with Crippen LogP contribution in [-0.4, -0.2) is 15.0 Å². The number of hydrogen-bond acceptors (Lipinski definition) is 2. The lowest BCUT2D eigenvalue weighted by Crippen LogP contribution is -2.19. The summed E-state index contributed by atoms with van der Waals surface area (Å²) in [5, 5.41) is 3.27. The third-order valence-corrected chi connectivity index (χ3v) is 4.31. The first-order valence-electron chi connectivity index (χ1n) is 7.12. The highest BCUT2D eigenvalue weighted by molar-refractivity contribution is 6.34. The smallest absolute Gasteiger partial charge is 0.322 e. The quantitative estimate of drug-likeness (QED) is 0.785. The lowest BCUT2D eigenvalue weighted by Gasteiger charge is -2.10. The van der Waals surface area contributed by atoms with E-state index in [1.807, 2.05) is 13.0 Å². The third-order valence-electron chi connectivity index (χ3n) is 3.98. The van der Waals surface area contributed by atoms with Gasteiger partial charge < -0.3 is 5.32 Å². The van der Waals surface area contributed by atoms with E-state index in [2.05, 4.69) is 5.32 Å². The molecule has 0 aliphatic rings. The summed E-state index contributed by atoms with van der Waals surface area (Å²) < 4.78 is 3.14. The normalized spacial score (nSPS) is 11.0. The number of hydrogen-bond donors (Lipinski definition) is 1. The first kappa shape index (κ1) is 15.4. The van der Waals surface area contributed by atoms with Crippen molar-refractivity contribution < 1.29 is 4.79 Å². The first-order chi connectivity index (χ1) is 10.9. The lowest BCUT2D eigenvalue weighted by atomic mass is 10.1. The van der Waals surface area contributed by atoms with Gasteiger partial charge in [0.05, 0.1) is 21.6 Å². The molecule has 0 saturated carbocycles. The molecule has 0 saturated heterocycles. The van der Waals surface area contributed by atoms with E-state index in [-0.39, 0.29) is 11.6 Å². The summed E-state index contributed by atoms with van der Waals surface area (Å²) in [6.07, 6.45) is 0. The number of halogens is 1. The first-order valence-corrected chi connectivity index (χ1v) is 7.50. The molecule has 0 atom stereocenters. The van der Waals surface area contributed by atoms with E-state index >= 15 is 0 Å². The van der Waals surface area contributed by atoms with Gasteiger partial charge in [-0.15, -0.1) is 0 Å². The molecule has 5 nitrogen and oxygen atoms in total. The highest BCUT2D eigenvalue weighted by atomic mass is 35.5. The van der Waals surface area contributed by atoms with Gasteiger partial charge >= 0.3 is 5.69 Å². The summed E-state index contributed by atoms with van der Waals surface area (Å²) in [4.78, 5) is 24.4. The monoisotopic (exact) mass is 329 g/mol. The predicted molar refractivity (Wildman–Crippen MR) is 92.3 cm³/mol. The zero-order valence-corrected chi connectivity index (χ0v) is 13.8. The van der Waals surface area contributed by atoms with Crippen molar-refractivity contribution in [3.8, 4) is 0 Å². The number of rotatable bonds is 2. The van der Waals surface area contributed by atoms with Gasteiger partial charge in [-0.3, -0.25) is 13.9 Å². The molecule has 3 rings (SSSR count). The van der Waals surface area contributed by atoms with Crippen molar-refractivity contribution >= 4 is 34.2 Å². The Bertz CT molecular complexity index is 985. The van der Waals surface area contributed by atoms with E-state index in [1.54, 1.807) is 53.6 Å². The Hall–Kier alpha value is -2.53. The fraction of sp³-hybridized carbons (Fsp3) is 0.176. The van der Waals surface area contributed by atoms with Crippen molar-refractivity contribution in [3.05, 3.63) is 63.0 Å². The second-order valence-electron chi connectivity index (χ2n) is 5.49. The van der Waals surface area contributed by atoms with Crippen LogP contribution in [0, 0.1) is 6.92 Å². The number of carbonyl (C=O) groups excluding carboxylic acids is 1.